The number of hydrogen-bond acceptors (Lipinski definition) is 4. The Hall–Kier alpha value is -1.39. The van der Waals surface area contributed by atoms with Gasteiger partial charge in [-0.25, -0.2) is 9.97 Å². The van der Waals surface area contributed by atoms with Crippen molar-refractivity contribution in [3.05, 3.63) is 46.8 Å². The first-order valence-corrected chi connectivity index (χ1v) is 6.70. The molecule has 4 heteroatoms. The van der Waals surface area contributed by atoms with Crippen molar-refractivity contribution in [3.8, 4) is 0 Å². The van der Waals surface area contributed by atoms with Crippen molar-refractivity contribution in [1.82, 2.24) is 9.97 Å². The van der Waals surface area contributed by atoms with Crippen molar-refractivity contribution in [2.24, 2.45) is 5.73 Å². The fourth-order valence-corrected chi connectivity index (χ4v) is 2.67. The van der Waals surface area contributed by atoms with E-state index in [4.69, 9.17) is 5.73 Å². The minimum absolute atomic E-state index is 0.448. The Kier molecular flexibility index (Phi) is 3.99. The van der Waals surface area contributed by atoms with Gasteiger partial charge in [0.2, 0.25) is 0 Å². The first kappa shape index (κ1) is 13.1. The number of hydrogen-bond donors (Lipinski definition) is 1. The Balaban J connectivity index is 2.30. The lowest BCUT2D eigenvalue weighted by Crippen LogP contribution is -2.02. The van der Waals surface area contributed by atoms with E-state index in [2.05, 4.69) is 42.0 Å². The molecule has 1 aromatic carbocycles. The molecule has 0 saturated carbocycles. The quantitative estimate of drug-likeness (QED) is 0.861. The van der Waals surface area contributed by atoms with Gasteiger partial charge >= 0.3 is 0 Å². The van der Waals surface area contributed by atoms with E-state index in [9.17, 15) is 0 Å². The smallest absolute Gasteiger partial charge is 0.192 e. The molecular formula is C14H17N3S. The number of nitrogens with two attached hydrogens (primary N) is 1. The molecule has 2 N–H and O–H groups in total. The SMILES string of the molecule is Cc1ccc(Sc2nc(C)cc(CN)n2)c(C)c1. The minimum Gasteiger partial charge on any atom is -0.325 e. The molecular weight excluding hydrogens is 242 g/mol. The summed E-state index contributed by atoms with van der Waals surface area (Å²) >= 11 is 1.59. The highest BCUT2D eigenvalue weighted by atomic mass is 32.2. The molecule has 0 atom stereocenters. The summed E-state index contributed by atoms with van der Waals surface area (Å²) in [6, 6.07) is 8.31. The van der Waals surface area contributed by atoms with Crippen LogP contribution in [0.4, 0.5) is 0 Å². The van der Waals surface area contributed by atoms with Crippen LogP contribution >= 0.6 is 11.8 Å². The van der Waals surface area contributed by atoms with E-state index in [1.54, 1.807) is 11.8 Å². The van der Waals surface area contributed by atoms with E-state index in [-0.39, 0.29) is 0 Å². The predicted octanol–water partition coefficient (Wildman–Crippen LogP) is 3.01. The van der Waals surface area contributed by atoms with E-state index < -0.39 is 0 Å². The van der Waals surface area contributed by atoms with E-state index in [1.165, 1.54) is 16.0 Å². The van der Waals surface area contributed by atoms with Gasteiger partial charge in [0.15, 0.2) is 5.16 Å². The van der Waals surface area contributed by atoms with Crippen LogP contribution in [0, 0.1) is 20.8 Å². The third kappa shape index (κ3) is 3.09. The topological polar surface area (TPSA) is 51.8 Å². The van der Waals surface area contributed by atoms with Crippen molar-refractivity contribution in [2.45, 2.75) is 37.4 Å². The average Bonchev–Trinajstić information content (AvgIpc) is 2.32. The predicted molar refractivity (Wildman–Crippen MR) is 74.7 cm³/mol. The minimum atomic E-state index is 0.448. The molecule has 0 aliphatic heterocycles. The lowest BCUT2D eigenvalue weighted by Gasteiger charge is -2.07. The summed E-state index contributed by atoms with van der Waals surface area (Å²) in [5.74, 6) is 0. The first-order valence-electron chi connectivity index (χ1n) is 5.88. The third-order valence-electron chi connectivity index (χ3n) is 2.63. The van der Waals surface area contributed by atoms with Crippen molar-refractivity contribution in [3.63, 3.8) is 0 Å². The summed E-state index contributed by atoms with van der Waals surface area (Å²) in [4.78, 5) is 10.1. The van der Waals surface area contributed by atoms with Crippen LogP contribution in [-0.2, 0) is 6.54 Å². The second kappa shape index (κ2) is 5.50. The van der Waals surface area contributed by atoms with Gasteiger partial charge in [-0.3, -0.25) is 0 Å². The lowest BCUT2D eigenvalue weighted by atomic mass is 10.2. The van der Waals surface area contributed by atoms with E-state index in [1.807, 2.05) is 13.0 Å². The van der Waals surface area contributed by atoms with Crippen LogP contribution in [0.5, 0.6) is 0 Å². The highest BCUT2D eigenvalue weighted by Gasteiger charge is 2.06. The molecule has 0 saturated heterocycles. The maximum Gasteiger partial charge on any atom is 0.192 e. The second-order valence-corrected chi connectivity index (χ2v) is 5.37. The normalized spacial score (nSPS) is 10.7. The summed E-state index contributed by atoms with van der Waals surface area (Å²) < 4.78 is 0. The molecule has 2 aromatic rings. The molecule has 0 radical (unpaired) electrons. The van der Waals surface area contributed by atoms with Crippen LogP contribution in [0.25, 0.3) is 0 Å². The standard InChI is InChI=1S/C14H17N3S/c1-9-4-5-13(10(2)6-9)18-14-16-11(3)7-12(8-15)17-14/h4-7H,8,15H2,1-3H3. The van der Waals surface area contributed by atoms with Crippen LogP contribution < -0.4 is 5.73 Å². The summed E-state index contributed by atoms with van der Waals surface area (Å²) in [5.41, 5.74) is 9.99. The van der Waals surface area contributed by atoms with Crippen LogP contribution in [0.2, 0.25) is 0 Å². The molecule has 1 aromatic heterocycles. The number of aryl methyl sites for hydroxylation is 3. The Labute approximate surface area is 112 Å². The van der Waals surface area contributed by atoms with Gasteiger partial charge in [-0.1, -0.05) is 17.7 Å². The maximum absolute atomic E-state index is 5.63. The van der Waals surface area contributed by atoms with Crippen LogP contribution in [-0.4, -0.2) is 9.97 Å². The molecule has 18 heavy (non-hydrogen) atoms. The van der Waals surface area contributed by atoms with Gasteiger partial charge in [0.05, 0.1) is 5.69 Å². The van der Waals surface area contributed by atoms with Gasteiger partial charge < -0.3 is 5.73 Å². The third-order valence-corrected chi connectivity index (χ3v) is 3.67. The number of rotatable bonds is 3. The molecule has 0 spiro atoms. The zero-order valence-corrected chi connectivity index (χ0v) is 11.7. The van der Waals surface area contributed by atoms with Gasteiger partial charge in [0.25, 0.3) is 0 Å². The van der Waals surface area contributed by atoms with Gasteiger partial charge in [0, 0.05) is 17.1 Å². The molecule has 0 fully saturated rings. The number of benzene rings is 1. The average molecular weight is 259 g/mol. The largest absolute Gasteiger partial charge is 0.325 e. The lowest BCUT2D eigenvalue weighted by molar-refractivity contribution is 0.854. The Bertz CT molecular complexity index is 567. The van der Waals surface area contributed by atoms with Crippen molar-refractivity contribution in [1.29, 1.82) is 0 Å². The molecule has 2 rings (SSSR count). The molecule has 0 aliphatic rings. The zero-order valence-electron chi connectivity index (χ0n) is 10.9. The van der Waals surface area contributed by atoms with Gasteiger partial charge in [-0.05, 0) is 50.2 Å². The van der Waals surface area contributed by atoms with E-state index in [0.29, 0.717) is 6.54 Å². The molecule has 0 unspecified atom stereocenters. The Morgan fingerprint density at radius 3 is 2.56 bits per heavy atom. The van der Waals surface area contributed by atoms with Crippen molar-refractivity contribution in [2.75, 3.05) is 0 Å². The van der Waals surface area contributed by atoms with Gasteiger partial charge in [0.1, 0.15) is 0 Å². The molecule has 0 amide bonds. The van der Waals surface area contributed by atoms with Crippen LogP contribution in [0.15, 0.2) is 34.3 Å². The Morgan fingerprint density at radius 1 is 1.11 bits per heavy atom. The fraction of sp³-hybridized carbons (Fsp3) is 0.286. The Morgan fingerprint density at radius 2 is 1.89 bits per heavy atom. The summed E-state index contributed by atoms with van der Waals surface area (Å²) in [7, 11) is 0. The van der Waals surface area contributed by atoms with Gasteiger partial charge in [-0.2, -0.15) is 0 Å². The van der Waals surface area contributed by atoms with Crippen molar-refractivity contribution < 1.29 is 0 Å². The molecule has 94 valence electrons. The van der Waals surface area contributed by atoms with Crippen molar-refractivity contribution >= 4 is 11.8 Å². The summed E-state index contributed by atoms with van der Waals surface area (Å²) in [5, 5.41) is 0.766. The number of aromatic nitrogens is 2. The van der Waals surface area contributed by atoms with Crippen LogP contribution in [0.3, 0.4) is 0 Å². The number of nitrogens with zero attached hydrogens (tertiary/aromatic N) is 2. The van der Waals surface area contributed by atoms with E-state index in [0.717, 1.165) is 16.5 Å². The highest BCUT2D eigenvalue weighted by Crippen LogP contribution is 2.28. The molecule has 3 nitrogen and oxygen atoms in total. The molecule has 1 heterocycles. The summed E-state index contributed by atoms with van der Waals surface area (Å²) in [6.07, 6.45) is 0. The molecule has 0 bridgehead atoms. The zero-order chi connectivity index (χ0) is 13.1. The highest BCUT2D eigenvalue weighted by molar-refractivity contribution is 7.99. The molecule has 0 aliphatic carbocycles. The summed E-state index contributed by atoms with van der Waals surface area (Å²) in [6.45, 7) is 6.61. The second-order valence-electron chi connectivity index (χ2n) is 4.36. The van der Waals surface area contributed by atoms with E-state index >= 15 is 0 Å². The van der Waals surface area contributed by atoms with Crippen LogP contribution in [0.1, 0.15) is 22.5 Å². The monoisotopic (exact) mass is 259 g/mol. The maximum atomic E-state index is 5.63. The first-order chi connectivity index (χ1) is 8.58. The van der Waals surface area contributed by atoms with Gasteiger partial charge in [-0.15, -0.1) is 0 Å². The fourth-order valence-electron chi connectivity index (χ4n) is 1.77.